The Morgan fingerprint density at radius 3 is 2.80 bits per heavy atom. The first kappa shape index (κ1) is 10.2. The van der Waals surface area contributed by atoms with Crippen LogP contribution in [0.5, 0.6) is 0 Å². The topological polar surface area (TPSA) is 0 Å². The molecule has 0 amide bonds. The van der Waals surface area contributed by atoms with E-state index in [-0.39, 0.29) is 0 Å². The van der Waals surface area contributed by atoms with E-state index in [1.54, 1.807) is 5.57 Å². The van der Waals surface area contributed by atoms with Gasteiger partial charge in [-0.15, -0.1) is 0 Å². The van der Waals surface area contributed by atoms with Crippen LogP contribution < -0.4 is 0 Å². The van der Waals surface area contributed by atoms with E-state index in [9.17, 15) is 0 Å². The summed E-state index contributed by atoms with van der Waals surface area (Å²) < 4.78 is 0. The third kappa shape index (κ3) is 1.77. The normalized spacial score (nSPS) is 16.0. The van der Waals surface area contributed by atoms with E-state index in [0.29, 0.717) is 0 Å². The number of aryl methyl sites for hydroxylation is 1. The molecule has 78 valence electrons. The molecule has 0 heteroatoms. The van der Waals surface area contributed by atoms with Crippen molar-refractivity contribution in [2.24, 2.45) is 0 Å². The quantitative estimate of drug-likeness (QED) is 0.577. The molecule has 0 aromatic heterocycles. The van der Waals surface area contributed by atoms with Gasteiger partial charge in [-0.05, 0) is 41.5 Å². The number of hydrogen-bond donors (Lipinski definition) is 0. The highest BCUT2D eigenvalue weighted by molar-refractivity contribution is 5.81. The van der Waals surface area contributed by atoms with Gasteiger partial charge in [-0.25, -0.2) is 0 Å². The lowest BCUT2D eigenvalue weighted by molar-refractivity contribution is 1.08. The molecule has 0 saturated carbocycles. The minimum absolute atomic E-state index is 1.10. The van der Waals surface area contributed by atoms with Gasteiger partial charge in [-0.2, -0.15) is 0 Å². The molecule has 0 saturated heterocycles. The molecule has 15 heavy (non-hydrogen) atoms. The van der Waals surface area contributed by atoms with Crippen LogP contribution >= 0.6 is 0 Å². The smallest absolute Gasteiger partial charge is 0.0123 e. The van der Waals surface area contributed by atoms with E-state index in [1.807, 2.05) is 13.8 Å². The lowest BCUT2D eigenvalue weighted by atomic mass is 10.0. The standard InChI is InChI=1S/C13H12.C2H6/c1-2-5-11-8-9-12-7-3-6-10(4-1)13(11)12;1-2/h1,3-7H,2,8-9H2;1-2H3. The van der Waals surface area contributed by atoms with Crippen LogP contribution in [0.1, 0.15) is 43.4 Å². The number of benzene rings is 1. The Morgan fingerprint density at radius 1 is 1.07 bits per heavy atom. The Kier molecular flexibility index (Phi) is 3.05. The van der Waals surface area contributed by atoms with E-state index >= 15 is 0 Å². The summed E-state index contributed by atoms with van der Waals surface area (Å²) in [6, 6.07) is 6.66. The lowest BCUT2D eigenvalue weighted by Gasteiger charge is -2.03. The summed E-state index contributed by atoms with van der Waals surface area (Å²) in [5, 5.41) is 0. The van der Waals surface area contributed by atoms with Gasteiger partial charge in [0.05, 0.1) is 0 Å². The summed E-state index contributed by atoms with van der Waals surface area (Å²) in [6.07, 6.45) is 10.5. The average molecular weight is 198 g/mol. The van der Waals surface area contributed by atoms with E-state index < -0.39 is 0 Å². The minimum Gasteiger partial charge on any atom is -0.0801 e. The summed E-state index contributed by atoms with van der Waals surface area (Å²) in [7, 11) is 0. The van der Waals surface area contributed by atoms with Crippen molar-refractivity contribution in [3.05, 3.63) is 47.0 Å². The minimum atomic E-state index is 1.10. The first-order valence-electron chi connectivity index (χ1n) is 5.93. The molecule has 0 nitrogen and oxygen atoms in total. The zero-order valence-corrected chi connectivity index (χ0v) is 9.59. The Labute approximate surface area is 92.3 Å². The molecule has 0 spiro atoms. The van der Waals surface area contributed by atoms with Gasteiger partial charge in [-0.1, -0.05) is 50.3 Å². The van der Waals surface area contributed by atoms with Crippen molar-refractivity contribution in [1.82, 2.24) is 0 Å². The van der Waals surface area contributed by atoms with Gasteiger partial charge >= 0.3 is 0 Å². The molecule has 0 N–H and O–H groups in total. The molecule has 1 aromatic carbocycles. The highest BCUT2D eigenvalue weighted by atomic mass is 14.2. The van der Waals surface area contributed by atoms with Crippen molar-refractivity contribution in [3.63, 3.8) is 0 Å². The molecular weight excluding hydrogens is 180 g/mol. The Balaban J connectivity index is 0.000000404. The average Bonchev–Trinajstić information content (AvgIpc) is 2.59. The maximum Gasteiger partial charge on any atom is -0.0123 e. The lowest BCUT2D eigenvalue weighted by Crippen LogP contribution is -1.84. The van der Waals surface area contributed by atoms with Gasteiger partial charge in [0.2, 0.25) is 0 Å². The Morgan fingerprint density at radius 2 is 1.93 bits per heavy atom. The van der Waals surface area contributed by atoms with Crippen molar-refractivity contribution < 1.29 is 0 Å². The van der Waals surface area contributed by atoms with E-state index in [4.69, 9.17) is 0 Å². The fraction of sp³-hybridized carbons (Fsp3) is 0.333. The zero-order valence-electron chi connectivity index (χ0n) is 9.59. The summed E-state index contributed by atoms with van der Waals surface area (Å²) in [5.74, 6) is 0. The first-order chi connectivity index (χ1) is 7.45. The van der Waals surface area contributed by atoms with Crippen molar-refractivity contribution in [3.8, 4) is 0 Å². The number of hydrogen-bond acceptors (Lipinski definition) is 0. The van der Waals surface area contributed by atoms with Crippen molar-refractivity contribution in [1.29, 1.82) is 0 Å². The second-order valence-corrected chi connectivity index (χ2v) is 3.75. The third-order valence-electron chi connectivity index (χ3n) is 2.97. The molecule has 2 aliphatic carbocycles. The summed E-state index contributed by atoms with van der Waals surface area (Å²) in [4.78, 5) is 0. The Hall–Kier alpha value is -1.30. The molecule has 3 rings (SSSR count). The molecule has 0 aliphatic heterocycles. The molecule has 0 radical (unpaired) electrons. The largest absolute Gasteiger partial charge is 0.0801 e. The fourth-order valence-electron chi connectivity index (χ4n) is 2.36. The van der Waals surface area contributed by atoms with Crippen LogP contribution in [-0.2, 0) is 6.42 Å². The summed E-state index contributed by atoms with van der Waals surface area (Å²) in [5.41, 5.74) is 6.04. The molecule has 2 aliphatic rings. The number of allylic oxidation sites excluding steroid dienone is 3. The molecule has 0 atom stereocenters. The summed E-state index contributed by atoms with van der Waals surface area (Å²) >= 11 is 0. The second kappa shape index (κ2) is 4.48. The van der Waals surface area contributed by atoms with Crippen LogP contribution in [0.3, 0.4) is 0 Å². The van der Waals surface area contributed by atoms with Gasteiger partial charge in [0.1, 0.15) is 0 Å². The van der Waals surface area contributed by atoms with Crippen LogP contribution in [-0.4, -0.2) is 0 Å². The van der Waals surface area contributed by atoms with Gasteiger partial charge < -0.3 is 0 Å². The SMILES string of the molecule is C1=Cc2cccc3c2C(=CC1)CC3.CC. The highest BCUT2D eigenvalue weighted by Crippen LogP contribution is 2.36. The van der Waals surface area contributed by atoms with Crippen LogP contribution in [0.25, 0.3) is 11.6 Å². The van der Waals surface area contributed by atoms with Crippen LogP contribution in [0.2, 0.25) is 0 Å². The van der Waals surface area contributed by atoms with Crippen molar-refractivity contribution >= 4 is 11.6 Å². The summed E-state index contributed by atoms with van der Waals surface area (Å²) in [6.45, 7) is 4.00. The highest BCUT2D eigenvalue weighted by Gasteiger charge is 2.18. The maximum atomic E-state index is 2.37. The van der Waals surface area contributed by atoms with Crippen LogP contribution in [0, 0.1) is 0 Å². The van der Waals surface area contributed by atoms with Gasteiger partial charge in [0.25, 0.3) is 0 Å². The second-order valence-electron chi connectivity index (χ2n) is 3.75. The molecule has 0 fully saturated rings. The monoisotopic (exact) mass is 198 g/mol. The molecule has 0 heterocycles. The van der Waals surface area contributed by atoms with Gasteiger partial charge in [-0.3, -0.25) is 0 Å². The molecular formula is C15H18. The molecule has 0 bridgehead atoms. The predicted molar refractivity (Wildman–Crippen MR) is 67.7 cm³/mol. The van der Waals surface area contributed by atoms with E-state index in [2.05, 4.69) is 36.4 Å². The Bertz CT molecular complexity index is 408. The third-order valence-corrected chi connectivity index (χ3v) is 2.97. The zero-order chi connectivity index (χ0) is 10.7. The van der Waals surface area contributed by atoms with E-state index in [0.717, 1.165) is 6.42 Å². The van der Waals surface area contributed by atoms with Crippen LogP contribution in [0.15, 0.2) is 30.4 Å². The van der Waals surface area contributed by atoms with E-state index in [1.165, 1.54) is 29.5 Å². The molecule has 0 unspecified atom stereocenters. The first-order valence-corrected chi connectivity index (χ1v) is 5.93. The molecule has 1 aromatic rings. The van der Waals surface area contributed by atoms with Crippen molar-refractivity contribution in [2.45, 2.75) is 33.1 Å². The predicted octanol–water partition coefficient (Wildman–Crippen LogP) is 4.46. The fourth-order valence-corrected chi connectivity index (χ4v) is 2.36. The van der Waals surface area contributed by atoms with Crippen LogP contribution in [0.4, 0.5) is 0 Å². The number of rotatable bonds is 0. The van der Waals surface area contributed by atoms with Gasteiger partial charge in [0, 0.05) is 0 Å². The van der Waals surface area contributed by atoms with Crippen molar-refractivity contribution in [2.75, 3.05) is 0 Å². The maximum absolute atomic E-state index is 2.37. The van der Waals surface area contributed by atoms with Gasteiger partial charge in [0.15, 0.2) is 0 Å².